The lowest BCUT2D eigenvalue weighted by Crippen LogP contribution is -2.38. The van der Waals surface area contributed by atoms with E-state index in [1.165, 1.54) is 11.3 Å². The molecule has 0 bridgehead atoms. The van der Waals surface area contributed by atoms with E-state index in [0.29, 0.717) is 33.8 Å². The number of carbonyl (C=O) groups excluding carboxylic acids is 3. The quantitative estimate of drug-likeness (QED) is 0.855. The fourth-order valence-corrected chi connectivity index (χ4v) is 5.50. The topological polar surface area (TPSA) is 89.3 Å². The molecule has 132 valence electrons. The number of benzene rings is 1. The highest BCUT2D eigenvalue weighted by Gasteiger charge is 2.52. The predicted octanol–water partition coefficient (Wildman–Crippen LogP) is 2.88. The summed E-state index contributed by atoms with van der Waals surface area (Å²) in [4.78, 5) is 39.0. The van der Waals surface area contributed by atoms with Gasteiger partial charge in [0.1, 0.15) is 0 Å². The monoisotopic (exact) mass is 366 g/mol. The molecule has 0 radical (unpaired) electrons. The van der Waals surface area contributed by atoms with Crippen LogP contribution in [0.3, 0.4) is 0 Å². The van der Waals surface area contributed by atoms with Crippen molar-refractivity contribution in [2.24, 2.45) is 0 Å². The number of rotatable bonds is 2. The number of nitrogens with two attached hydrogens (primary N) is 1. The smallest absolute Gasteiger partial charge is 0.254 e. The Morgan fingerprint density at radius 1 is 1.23 bits per heavy atom. The Hall–Kier alpha value is -2.47. The van der Waals surface area contributed by atoms with Crippen LogP contribution in [-0.4, -0.2) is 23.5 Å². The summed E-state index contributed by atoms with van der Waals surface area (Å²) < 4.78 is 0. The molecule has 2 aromatic rings. The van der Waals surface area contributed by atoms with E-state index in [2.05, 4.69) is 5.32 Å². The van der Waals surface area contributed by atoms with Gasteiger partial charge in [-0.1, -0.05) is 24.3 Å². The van der Waals surface area contributed by atoms with Crippen molar-refractivity contribution in [3.63, 3.8) is 0 Å². The van der Waals surface area contributed by atoms with E-state index >= 15 is 0 Å². The van der Waals surface area contributed by atoms with Crippen LogP contribution >= 0.6 is 11.3 Å². The van der Waals surface area contributed by atoms with Crippen LogP contribution in [0.25, 0.3) is 0 Å². The first kappa shape index (κ1) is 15.8. The molecule has 1 spiro atoms. The Bertz CT molecular complexity index is 989. The van der Waals surface area contributed by atoms with E-state index in [1.807, 2.05) is 18.2 Å². The maximum Gasteiger partial charge on any atom is 0.254 e. The summed E-state index contributed by atoms with van der Waals surface area (Å²) in [5.41, 5.74) is 8.05. The third-order valence-corrected chi connectivity index (χ3v) is 6.88. The van der Waals surface area contributed by atoms with E-state index < -0.39 is 5.41 Å². The lowest BCUT2D eigenvalue weighted by Gasteiger charge is -2.32. The second-order valence-corrected chi connectivity index (χ2v) is 8.51. The molecule has 1 aromatic heterocycles. The summed E-state index contributed by atoms with van der Waals surface area (Å²) >= 11 is 1.19. The summed E-state index contributed by atoms with van der Waals surface area (Å²) in [5.74, 6) is -0.206. The SMILES string of the molecule is Nc1sc2c(c1C(=O)NC1CC1)CCC1(CC(=O)c3ccccc31)C2=O. The molecule has 3 aliphatic rings. The number of nitrogen functional groups attached to an aromatic ring is 1. The molecule has 3 N–H and O–H groups in total. The maximum atomic E-state index is 13.4. The molecule has 0 saturated heterocycles. The van der Waals surface area contributed by atoms with Gasteiger partial charge >= 0.3 is 0 Å². The highest BCUT2D eigenvalue weighted by molar-refractivity contribution is 7.18. The average molecular weight is 366 g/mol. The van der Waals surface area contributed by atoms with E-state index in [1.54, 1.807) is 6.07 Å². The van der Waals surface area contributed by atoms with E-state index in [0.717, 1.165) is 24.0 Å². The lowest BCUT2D eigenvalue weighted by atomic mass is 9.69. The zero-order chi connectivity index (χ0) is 18.1. The third-order valence-electron chi connectivity index (χ3n) is 5.82. The van der Waals surface area contributed by atoms with Gasteiger partial charge in [-0.15, -0.1) is 11.3 Å². The minimum absolute atomic E-state index is 0.0219. The average Bonchev–Trinajstić information content (AvgIpc) is 3.30. The Kier molecular flexibility index (Phi) is 3.19. The Morgan fingerprint density at radius 3 is 2.77 bits per heavy atom. The minimum atomic E-state index is -0.789. The van der Waals surface area contributed by atoms with Crippen LogP contribution < -0.4 is 11.1 Å². The van der Waals surface area contributed by atoms with Gasteiger partial charge in [0.25, 0.3) is 5.91 Å². The van der Waals surface area contributed by atoms with Gasteiger partial charge in [-0.25, -0.2) is 0 Å². The number of nitrogens with one attached hydrogen (secondary N) is 1. The van der Waals surface area contributed by atoms with Gasteiger partial charge in [-0.2, -0.15) is 0 Å². The van der Waals surface area contributed by atoms with Crippen molar-refractivity contribution in [1.82, 2.24) is 5.32 Å². The number of anilines is 1. The standard InChI is InChI=1S/C20H18N2O3S/c21-18-15(19(25)22-10-5-6-10)12-7-8-20(17(24)16(12)26-18)9-14(23)11-3-1-2-4-13(11)20/h1-4,10H,5-9,21H2,(H,22,25). The molecular formula is C20H18N2O3S. The number of fused-ring (bicyclic) bond motifs is 3. The van der Waals surface area contributed by atoms with Gasteiger partial charge in [-0.3, -0.25) is 14.4 Å². The van der Waals surface area contributed by atoms with Gasteiger partial charge in [0, 0.05) is 18.0 Å². The highest BCUT2D eigenvalue weighted by Crippen LogP contribution is 2.50. The number of carbonyl (C=O) groups is 3. The van der Waals surface area contributed by atoms with Crippen molar-refractivity contribution in [2.75, 3.05) is 5.73 Å². The minimum Gasteiger partial charge on any atom is -0.390 e. The molecule has 1 saturated carbocycles. The fraction of sp³-hybridized carbons (Fsp3) is 0.350. The fourth-order valence-electron chi connectivity index (χ4n) is 4.34. The Balaban J connectivity index is 1.59. The molecule has 3 aliphatic carbocycles. The highest BCUT2D eigenvalue weighted by atomic mass is 32.1. The molecule has 1 heterocycles. The Morgan fingerprint density at radius 2 is 2.00 bits per heavy atom. The van der Waals surface area contributed by atoms with Gasteiger partial charge in [0.15, 0.2) is 11.6 Å². The van der Waals surface area contributed by atoms with Gasteiger partial charge < -0.3 is 11.1 Å². The second kappa shape index (κ2) is 5.27. The van der Waals surface area contributed by atoms with Crippen LogP contribution in [0, 0.1) is 0 Å². The van der Waals surface area contributed by atoms with E-state index in [4.69, 9.17) is 5.73 Å². The summed E-state index contributed by atoms with van der Waals surface area (Å²) in [6.07, 6.45) is 3.34. The second-order valence-electron chi connectivity index (χ2n) is 7.45. The van der Waals surface area contributed by atoms with Crippen LogP contribution in [-0.2, 0) is 11.8 Å². The molecule has 1 unspecified atom stereocenters. The van der Waals surface area contributed by atoms with E-state index in [-0.39, 0.29) is 29.9 Å². The number of hydrogen-bond acceptors (Lipinski definition) is 5. The zero-order valence-electron chi connectivity index (χ0n) is 14.1. The van der Waals surface area contributed by atoms with E-state index in [9.17, 15) is 14.4 Å². The summed E-state index contributed by atoms with van der Waals surface area (Å²) in [6.45, 7) is 0. The molecular weight excluding hydrogens is 348 g/mol. The largest absolute Gasteiger partial charge is 0.390 e. The summed E-state index contributed by atoms with van der Waals surface area (Å²) in [6, 6.07) is 7.63. The molecule has 26 heavy (non-hydrogen) atoms. The number of ketones is 2. The molecule has 1 aromatic carbocycles. The van der Waals surface area contributed by atoms with Crippen molar-refractivity contribution >= 4 is 33.8 Å². The molecule has 0 aliphatic heterocycles. The first-order valence-electron chi connectivity index (χ1n) is 8.91. The normalized spacial score (nSPS) is 23.8. The van der Waals surface area contributed by atoms with Gasteiger partial charge in [-0.05, 0) is 36.8 Å². The predicted molar refractivity (Wildman–Crippen MR) is 98.9 cm³/mol. The first-order valence-corrected chi connectivity index (χ1v) is 9.72. The maximum absolute atomic E-state index is 13.4. The Labute approximate surface area is 154 Å². The number of thiophene rings is 1. The van der Waals surface area contributed by atoms with Crippen molar-refractivity contribution in [1.29, 1.82) is 0 Å². The summed E-state index contributed by atoms with van der Waals surface area (Å²) in [5, 5.41) is 3.37. The van der Waals surface area contributed by atoms with Gasteiger partial charge in [0.05, 0.1) is 20.9 Å². The molecule has 1 fully saturated rings. The van der Waals surface area contributed by atoms with Crippen molar-refractivity contribution in [2.45, 2.75) is 43.6 Å². The number of Topliss-reactive ketones (excluding diaryl/α,β-unsaturated/α-hetero) is 2. The third kappa shape index (κ3) is 2.05. The lowest BCUT2D eigenvalue weighted by molar-refractivity contribution is 0.0823. The van der Waals surface area contributed by atoms with Gasteiger partial charge in [0.2, 0.25) is 0 Å². The van der Waals surface area contributed by atoms with Crippen LogP contribution in [0.2, 0.25) is 0 Å². The first-order chi connectivity index (χ1) is 12.5. The van der Waals surface area contributed by atoms with Crippen LogP contribution in [0.4, 0.5) is 5.00 Å². The van der Waals surface area contributed by atoms with Crippen LogP contribution in [0.15, 0.2) is 24.3 Å². The van der Waals surface area contributed by atoms with Crippen LogP contribution in [0.1, 0.15) is 67.2 Å². The van der Waals surface area contributed by atoms with Crippen molar-refractivity contribution < 1.29 is 14.4 Å². The van der Waals surface area contributed by atoms with Crippen LogP contribution in [0.5, 0.6) is 0 Å². The molecule has 6 heteroatoms. The number of amides is 1. The molecule has 5 nitrogen and oxygen atoms in total. The molecule has 5 rings (SSSR count). The zero-order valence-corrected chi connectivity index (χ0v) is 14.9. The molecule has 1 atom stereocenters. The summed E-state index contributed by atoms with van der Waals surface area (Å²) in [7, 11) is 0. The van der Waals surface area contributed by atoms with Crippen molar-refractivity contribution in [3.8, 4) is 0 Å². The van der Waals surface area contributed by atoms with Crippen molar-refractivity contribution in [3.05, 3.63) is 51.4 Å². The number of hydrogen-bond donors (Lipinski definition) is 2. The molecule has 1 amide bonds.